The maximum atomic E-state index is 13.1. The van der Waals surface area contributed by atoms with Crippen LogP contribution in [0.5, 0.6) is 0 Å². The zero-order valence-electron chi connectivity index (χ0n) is 67.6. The van der Waals surface area contributed by atoms with E-state index in [1.54, 1.807) is 0 Å². The lowest BCUT2D eigenvalue weighted by Crippen LogP contribution is -2.30. The third kappa shape index (κ3) is 78.4. The van der Waals surface area contributed by atoms with Crippen molar-refractivity contribution in [1.29, 1.82) is 0 Å². The van der Waals surface area contributed by atoms with E-state index in [-0.39, 0.29) is 25.7 Å². The number of rotatable bonds is 81. The molecule has 0 saturated carbocycles. The summed E-state index contributed by atoms with van der Waals surface area (Å²) in [4.78, 5) is 73.2. The Kier molecular flexibility index (Phi) is 76.5. The van der Waals surface area contributed by atoms with Crippen LogP contribution in [-0.2, 0) is 65.4 Å². The van der Waals surface area contributed by atoms with Gasteiger partial charge in [0.2, 0.25) is 0 Å². The SMILES string of the molecule is CC/C=C\C/C=C\C/C=C\C/C=C\CCCCCCCCC(=O)OCC(COP(=O)(O)OCC(O)COP(=O)(O)OCC(COC(=O)CCCCCCCC/C=C\C/C=C\C/C=C\CCCCC)OC(=O)CCCCCCCCCCCCCCCCC)OC(=O)CCCCCCCCCCCCCCC. The van der Waals surface area contributed by atoms with E-state index in [0.717, 1.165) is 173 Å². The van der Waals surface area contributed by atoms with Crippen molar-refractivity contribution in [2.75, 3.05) is 39.6 Å². The van der Waals surface area contributed by atoms with Crippen molar-refractivity contribution >= 4 is 39.5 Å². The number of allylic oxidation sites excluding steroid dienone is 14. The molecule has 0 aromatic heterocycles. The van der Waals surface area contributed by atoms with Crippen molar-refractivity contribution in [3.8, 4) is 0 Å². The number of hydrogen-bond donors (Lipinski definition) is 3. The molecule has 17 nitrogen and oxygen atoms in total. The molecule has 19 heteroatoms. The number of phosphoric ester groups is 2. The van der Waals surface area contributed by atoms with Crippen molar-refractivity contribution in [2.45, 2.75) is 406 Å². The highest BCUT2D eigenvalue weighted by molar-refractivity contribution is 7.47. The highest BCUT2D eigenvalue weighted by atomic mass is 31.2. The van der Waals surface area contributed by atoms with E-state index in [2.05, 4.69) is 113 Å². The average molecular weight is 1540 g/mol. The number of unbranched alkanes of at least 4 members (excludes halogenated alkanes) is 41. The van der Waals surface area contributed by atoms with Gasteiger partial charge in [0.25, 0.3) is 0 Å². The molecule has 0 bridgehead atoms. The summed E-state index contributed by atoms with van der Waals surface area (Å²) in [6, 6.07) is 0. The van der Waals surface area contributed by atoms with Gasteiger partial charge in [-0.3, -0.25) is 37.3 Å². The fourth-order valence-electron chi connectivity index (χ4n) is 11.9. The topological polar surface area (TPSA) is 237 Å². The van der Waals surface area contributed by atoms with Crippen LogP contribution in [0.15, 0.2) is 85.1 Å². The molecule has 0 aromatic carbocycles. The van der Waals surface area contributed by atoms with Crippen LogP contribution in [0.25, 0.3) is 0 Å². The fourth-order valence-corrected chi connectivity index (χ4v) is 13.4. The second-order valence-electron chi connectivity index (χ2n) is 28.8. The van der Waals surface area contributed by atoms with E-state index in [1.807, 2.05) is 0 Å². The highest BCUT2D eigenvalue weighted by Crippen LogP contribution is 2.45. The summed E-state index contributed by atoms with van der Waals surface area (Å²) in [7, 11) is -9.96. The number of carbonyl (C=O) groups excluding carboxylic acids is 4. The first-order valence-electron chi connectivity index (χ1n) is 42.8. The Bertz CT molecular complexity index is 2330. The van der Waals surface area contributed by atoms with Gasteiger partial charge in [-0.15, -0.1) is 0 Å². The van der Waals surface area contributed by atoms with Gasteiger partial charge in [-0.1, -0.05) is 344 Å². The van der Waals surface area contributed by atoms with E-state index in [9.17, 15) is 43.2 Å². The Morgan fingerprint density at radius 2 is 0.491 bits per heavy atom. The lowest BCUT2D eigenvalue weighted by atomic mass is 10.0. The maximum absolute atomic E-state index is 13.1. The normalized spacial score (nSPS) is 14.2. The van der Waals surface area contributed by atoms with Crippen LogP contribution in [0.2, 0.25) is 0 Å². The number of esters is 4. The van der Waals surface area contributed by atoms with Crippen LogP contribution in [-0.4, -0.2) is 96.7 Å². The van der Waals surface area contributed by atoms with Crippen LogP contribution >= 0.6 is 15.6 Å². The number of aliphatic hydroxyl groups excluding tert-OH is 1. The lowest BCUT2D eigenvalue weighted by Gasteiger charge is -2.21. The lowest BCUT2D eigenvalue weighted by molar-refractivity contribution is -0.161. The van der Waals surface area contributed by atoms with Gasteiger partial charge in [-0.25, -0.2) is 9.13 Å². The van der Waals surface area contributed by atoms with E-state index < -0.39 is 97.5 Å². The van der Waals surface area contributed by atoms with Crippen LogP contribution in [0.3, 0.4) is 0 Å². The molecule has 616 valence electrons. The van der Waals surface area contributed by atoms with E-state index in [1.165, 1.54) is 135 Å². The molecule has 0 spiro atoms. The van der Waals surface area contributed by atoms with Gasteiger partial charge in [-0.05, 0) is 103 Å². The molecule has 106 heavy (non-hydrogen) atoms. The molecule has 0 aliphatic carbocycles. The van der Waals surface area contributed by atoms with Gasteiger partial charge in [0.05, 0.1) is 26.4 Å². The zero-order valence-corrected chi connectivity index (χ0v) is 69.4. The van der Waals surface area contributed by atoms with Crippen molar-refractivity contribution in [2.24, 2.45) is 0 Å². The summed E-state index contributed by atoms with van der Waals surface area (Å²) in [6.07, 6.45) is 83.9. The number of carbonyl (C=O) groups is 4. The molecule has 0 aliphatic heterocycles. The summed E-state index contributed by atoms with van der Waals surface area (Å²) < 4.78 is 68.8. The minimum atomic E-state index is -4.98. The standard InChI is InChI=1S/C87H156O17P2/c1-5-9-13-17-21-25-29-33-36-38-40-42-45-48-51-55-59-63-67-71-84(89)97-77-82(103-86(91)73-69-65-61-57-53-47-32-28-24-20-16-12-8-4)79-101-105(93,94)99-75-81(88)76-100-106(95,96)102-80-83(104-87(92)74-70-66-62-58-54-50-44-35-31-27-23-19-15-11-7-3)78-98-85(90)72-68-64-60-56-52-49-46-43-41-39-37-34-30-26-22-18-14-10-6-2/h9,13,21-22,25-26,33-34,36-37,40-43,81-83,88H,5-8,10-12,14-20,23-24,27-32,35,38-39,44-80H2,1-4H3,(H,93,94)(H,95,96)/b13-9-,25-21-,26-22-,36-33-,37-34-,42-40-,43-41-. The molecule has 0 aromatic rings. The van der Waals surface area contributed by atoms with Gasteiger partial charge in [0.15, 0.2) is 12.2 Å². The Morgan fingerprint density at radius 1 is 0.274 bits per heavy atom. The predicted octanol–water partition coefficient (Wildman–Crippen LogP) is 25.3. The molecule has 0 amide bonds. The van der Waals surface area contributed by atoms with Crippen LogP contribution in [0.4, 0.5) is 0 Å². The van der Waals surface area contributed by atoms with Gasteiger partial charge < -0.3 is 33.8 Å². The minimum absolute atomic E-state index is 0.0962. The Balaban J connectivity index is 5.33. The maximum Gasteiger partial charge on any atom is 0.472 e. The van der Waals surface area contributed by atoms with E-state index in [4.69, 9.17) is 37.0 Å². The summed E-state index contributed by atoms with van der Waals surface area (Å²) in [5.74, 6) is -2.17. The second-order valence-corrected chi connectivity index (χ2v) is 31.7. The summed E-state index contributed by atoms with van der Waals surface area (Å²) in [5.41, 5.74) is 0. The third-order valence-electron chi connectivity index (χ3n) is 18.4. The number of hydrogen-bond acceptors (Lipinski definition) is 15. The molecule has 0 heterocycles. The van der Waals surface area contributed by atoms with Gasteiger partial charge in [-0.2, -0.15) is 0 Å². The van der Waals surface area contributed by atoms with Crippen molar-refractivity contribution in [3.05, 3.63) is 85.1 Å². The molecule has 5 atom stereocenters. The largest absolute Gasteiger partial charge is 0.472 e. The molecule has 0 fully saturated rings. The first-order valence-corrected chi connectivity index (χ1v) is 45.8. The fraction of sp³-hybridized carbons (Fsp3) is 0.793. The molecular weight excluding hydrogens is 1380 g/mol. The zero-order chi connectivity index (χ0) is 77.4. The first-order chi connectivity index (χ1) is 51.7. The third-order valence-corrected chi connectivity index (χ3v) is 20.3. The van der Waals surface area contributed by atoms with Crippen molar-refractivity contribution in [3.63, 3.8) is 0 Å². The van der Waals surface area contributed by atoms with Crippen molar-refractivity contribution in [1.82, 2.24) is 0 Å². The van der Waals surface area contributed by atoms with Gasteiger partial charge in [0.1, 0.15) is 19.3 Å². The van der Waals surface area contributed by atoms with Gasteiger partial charge in [0, 0.05) is 25.7 Å². The second kappa shape index (κ2) is 79.3. The Morgan fingerprint density at radius 3 is 0.774 bits per heavy atom. The monoisotopic (exact) mass is 1540 g/mol. The summed E-state index contributed by atoms with van der Waals surface area (Å²) in [6.45, 7) is 4.80. The smallest absolute Gasteiger partial charge is 0.462 e. The van der Waals surface area contributed by atoms with Crippen LogP contribution in [0, 0.1) is 0 Å². The number of phosphoric acid groups is 2. The molecule has 3 N–H and O–H groups in total. The summed E-state index contributed by atoms with van der Waals surface area (Å²) >= 11 is 0. The number of aliphatic hydroxyl groups is 1. The molecule has 0 aliphatic rings. The minimum Gasteiger partial charge on any atom is -0.462 e. The molecule has 0 saturated heterocycles. The molecule has 0 radical (unpaired) electrons. The molecule has 0 rings (SSSR count). The predicted molar refractivity (Wildman–Crippen MR) is 436 cm³/mol. The Labute approximate surface area is 646 Å². The highest BCUT2D eigenvalue weighted by Gasteiger charge is 2.30. The van der Waals surface area contributed by atoms with Crippen LogP contribution < -0.4 is 0 Å². The Hall–Kier alpha value is -3.76. The van der Waals surface area contributed by atoms with Crippen molar-refractivity contribution < 1.29 is 80.2 Å². The quantitative estimate of drug-likeness (QED) is 0.0169. The van der Waals surface area contributed by atoms with Crippen LogP contribution in [0.1, 0.15) is 387 Å². The molecule has 5 unspecified atom stereocenters. The van der Waals surface area contributed by atoms with E-state index in [0.29, 0.717) is 25.7 Å². The molecular formula is C87H156O17P2. The van der Waals surface area contributed by atoms with Gasteiger partial charge >= 0.3 is 39.5 Å². The summed E-state index contributed by atoms with van der Waals surface area (Å²) in [5, 5.41) is 10.7. The van der Waals surface area contributed by atoms with E-state index >= 15 is 0 Å². The number of ether oxygens (including phenoxy) is 4. The average Bonchev–Trinajstić information content (AvgIpc) is 0.901. The first kappa shape index (κ1) is 102.